The first-order chi connectivity index (χ1) is 18.6. The summed E-state index contributed by atoms with van der Waals surface area (Å²) < 4.78 is 11.8. The molecule has 1 saturated heterocycles. The van der Waals surface area contributed by atoms with Crippen molar-refractivity contribution in [1.29, 1.82) is 0 Å². The van der Waals surface area contributed by atoms with Gasteiger partial charge in [0, 0.05) is 56.3 Å². The predicted octanol–water partition coefficient (Wildman–Crippen LogP) is 4.77. The van der Waals surface area contributed by atoms with Crippen LogP contribution in [0.4, 0.5) is 4.79 Å². The Kier molecular flexibility index (Phi) is 11.3. The van der Waals surface area contributed by atoms with Crippen molar-refractivity contribution in [2.45, 2.75) is 77.6 Å². The number of allylic oxidation sites excluding steroid dienone is 3. The third kappa shape index (κ3) is 9.32. The lowest BCUT2D eigenvalue weighted by atomic mass is 9.87. The third-order valence-electron chi connectivity index (χ3n) is 7.56. The molecule has 0 radical (unpaired) electrons. The van der Waals surface area contributed by atoms with Crippen molar-refractivity contribution in [3.05, 3.63) is 66.0 Å². The summed E-state index contributed by atoms with van der Waals surface area (Å²) in [5, 5.41) is 14.6. The van der Waals surface area contributed by atoms with Gasteiger partial charge in [0.25, 0.3) is 0 Å². The number of piperazine rings is 1. The summed E-state index contributed by atoms with van der Waals surface area (Å²) in [6.07, 6.45) is 10.9. The standard InChI is InChI=1S/C31H45N3O5/c1-22-14-15-31(5,37)27(38-30(36)34-19-17-32-18-20-34)13-12-25(4)29(39-28(35)21-22)24(3)10-8-9-23(2)26-11-6-7-16-33-26/h6-13,16,22-23,25,27,29,32,37H,14-15,17-21H2,1-5H3/b9-8+,13-12+,24-10+/t22-,23-,25+,27+,29-,31-/m1/s1. The van der Waals surface area contributed by atoms with E-state index in [1.54, 1.807) is 24.1 Å². The van der Waals surface area contributed by atoms with Crippen LogP contribution in [0.2, 0.25) is 0 Å². The number of carbonyl (C=O) groups is 2. The number of aliphatic hydroxyl groups is 1. The fraction of sp³-hybridized carbons (Fsp3) is 0.581. The number of ether oxygens (including phenoxy) is 2. The smallest absolute Gasteiger partial charge is 0.410 e. The zero-order chi connectivity index (χ0) is 28.4. The number of esters is 1. The second kappa shape index (κ2) is 14.4. The maximum atomic E-state index is 12.9. The SMILES string of the molecule is C/C(=C\C=C\[C@@H](C)c1ccccn1)[C@H]1OC(=O)C[C@H](C)CC[C@@](C)(O)[C@@H](OC(=O)N2CCNCC2)/C=C/[C@@H]1C. The van der Waals surface area contributed by atoms with Crippen LogP contribution < -0.4 is 5.32 Å². The van der Waals surface area contributed by atoms with Crippen LogP contribution in [0.25, 0.3) is 0 Å². The summed E-state index contributed by atoms with van der Waals surface area (Å²) in [5.41, 5.74) is 0.606. The zero-order valence-corrected chi connectivity index (χ0v) is 24.0. The van der Waals surface area contributed by atoms with E-state index in [2.05, 4.69) is 23.3 Å². The van der Waals surface area contributed by atoms with Gasteiger partial charge in [0.2, 0.25) is 0 Å². The molecule has 0 spiro atoms. The minimum atomic E-state index is -1.28. The Labute approximate surface area is 233 Å². The minimum absolute atomic E-state index is 0.0104. The molecule has 3 rings (SSSR count). The predicted molar refractivity (Wildman–Crippen MR) is 152 cm³/mol. The normalized spacial score (nSPS) is 31.1. The number of amides is 1. The van der Waals surface area contributed by atoms with Crippen LogP contribution in [0.5, 0.6) is 0 Å². The van der Waals surface area contributed by atoms with Crippen molar-refractivity contribution in [2.24, 2.45) is 11.8 Å². The van der Waals surface area contributed by atoms with Crippen LogP contribution in [0.1, 0.15) is 65.5 Å². The van der Waals surface area contributed by atoms with Crippen molar-refractivity contribution in [3.63, 3.8) is 0 Å². The van der Waals surface area contributed by atoms with E-state index in [0.717, 1.165) is 11.3 Å². The van der Waals surface area contributed by atoms with Gasteiger partial charge in [-0.3, -0.25) is 9.78 Å². The van der Waals surface area contributed by atoms with Gasteiger partial charge in [-0.25, -0.2) is 4.79 Å². The molecule has 3 heterocycles. The van der Waals surface area contributed by atoms with Gasteiger partial charge in [-0.2, -0.15) is 0 Å². The Hall–Kier alpha value is -2.97. The van der Waals surface area contributed by atoms with E-state index >= 15 is 0 Å². The topological polar surface area (TPSA) is 101 Å². The first-order valence-corrected chi connectivity index (χ1v) is 14.1. The summed E-state index contributed by atoms with van der Waals surface area (Å²) in [6.45, 7) is 12.2. The molecule has 0 aromatic carbocycles. The highest BCUT2D eigenvalue weighted by molar-refractivity contribution is 5.70. The fourth-order valence-corrected chi connectivity index (χ4v) is 4.87. The number of aromatic nitrogens is 1. The number of nitrogens with zero attached hydrogens (tertiary/aromatic N) is 2. The van der Waals surface area contributed by atoms with E-state index in [4.69, 9.17) is 9.47 Å². The quantitative estimate of drug-likeness (QED) is 0.316. The molecular formula is C31H45N3O5. The number of hydrogen-bond donors (Lipinski definition) is 2. The van der Waals surface area contributed by atoms with Crippen molar-refractivity contribution >= 4 is 12.1 Å². The second-order valence-corrected chi connectivity index (χ2v) is 11.2. The molecule has 1 aromatic heterocycles. The number of hydrogen-bond acceptors (Lipinski definition) is 7. The van der Waals surface area contributed by atoms with E-state index in [1.165, 1.54) is 0 Å². The minimum Gasteiger partial charge on any atom is -0.457 e. The van der Waals surface area contributed by atoms with Crippen LogP contribution in [0.15, 0.2) is 60.3 Å². The van der Waals surface area contributed by atoms with Gasteiger partial charge in [0.05, 0.1) is 0 Å². The molecule has 0 aliphatic carbocycles. The first kappa shape index (κ1) is 30.6. The van der Waals surface area contributed by atoms with E-state index in [9.17, 15) is 14.7 Å². The van der Waals surface area contributed by atoms with Crippen molar-refractivity contribution in [2.75, 3.05) is 26.2 Å². The average Bonchev–Trinajstić information content (AvgIpc) is 2.92. The molecule has 214 valence electrons. The summed E-state index contributed by atoms with van der Waals surface area (Å²) in [7, 11) is 0. The number of pyridine rings is 1. The highest BCUT2D eigenvalue weighted by atomic mass is 16.6. The van der Waals surface area contributed by atoms with Crippen LogP contribution in [0, 0.1) is 11.8 Å². The van der Waals surface area contributed by atoms with Crippen LogP contribution in [0.3, 0.4) is 0 Å². The largest absolute Gasteiger partial charge is 0.457 e. The molecular weight excluding hydrogens is 494 g/mol. The summed E-state index contributed by atoms with van der Waals surface area (Å²) in [5.74, 6) is -0.317. The molecule has 2 N–H and O–H groups in total. The molecule has 2 aliphatic rings. The highest BCUT2D eigenvalue weighted by Gasteiger charge is 2.36. The van der Waals surface area contributed by atoms with Crippen molar-refractivity contribution in [1.82, 2.24) is 15.2 Å². The van der Waals surface area contributed by atoms with E-state index in [0.29, 0.717) is 39.0 Å². The van der Waals surface area contributed by atoms with Crippen LogP contribution >= 0.6 is 0 Å². The number of carbonyl (C=O) groups excluding carboxylic acids is 2. The maximum absolute atomic E-state index is 12.9. The Morgan fingerprint density at radius 2 is 2.03 bits per heavy atom. The van der Waals surface area contributed by atoms with E-state index in [1.807, 2.05) is 57.2 Å². The van der Waals surface area contributed by atoms with Gasteiger partial charge in [0.15, 0.2) is 6.10 Å². The number of rotatable bonds is 5. The third-order valence-corrected chi connectivity index (χ3v) is 7.56. The molecule has 1 amide bonds. The Balaban J connectivity index is 1.81. The van der Waals surface area contributed by atoms with Gasteiger partial charge in [-0.05, 0) is 56.4 Å². The van der Waals surface area contributed by atoms with Gasteiger partial charge in [0.1, 0.15) is 11.7 Å². The molecule has 1 aromatic rings. The average molecular weight is 540 g/mol. The Bertz CT molecular complexity index is 1030. The summed E-state index contributed by atoms with van der Waals surface area (Å²) in [4.78, 5) is 31.8. The first-order valence-electron chi connectivity index (χ1n) is 14.1. The molecule has 0 bridgehead atoms. The summed E-state index contributed by atoms with van der Waals surface area (Å²) >= 11 is 0. The van der Waals surface area contributed by atoms with Gasteiger partial charge >= 0.3 is 12.1 Å². The lowest BCUT2D eigenvalue weighted by Gasteiger charge is -2.35. The maximum Gasteiger partial charge on any atom is 0.410 e. The van der Waals surface area contributed by atoms with Crippen LogP contribution in [-0.2, 0) is 14.3 Å². The van der Waals surface area contributed by atoms with Gasteiger partial charge in [-0.15, -0.1) is 0 Å². The molecule has 0 unspecified atom stereocenters. The molecule has 2 aliphatic heterocycles. The monoisotopic (exact) mass is 539 g/mol. The fourth-order valence-electron chi connectivity index (χ4n) is 4.87. The lowest BCUT2D eigenvalue weighted by Crippen LogP contribution is -2.50. The van der Waals surface area contributed by atoms with Crippen molar-refractivity contribution < 1.29 is 24.2 Å². The molecule has 8 nitrogen and oxygen atoms in total. The Morgan fingerprint density at radius 3 is 2.72 bits per heavy atom. The molecule has 0 saturated carbocycles. The zero-order valence-electron chi connectivity index (χ0n) is 24.0. The summed E-state index contributed by atoms with van der Waals surface area (Å²) in [6, 6.07) is 5.86. The van der Waals surface area contributed by atoms with Crippen LogP contribution in [-0.4, -0.2) is 71.0 Å². The lowest BCUT2D eigenvalue weighted by molar-refractivity contribution is -0.150. The molecule has 1 fully saturated rings. The number of cyclic esters (lactones) is 1. The van der Waals surface area contributed by atoms with Crippen molar-refractivity contribution in [3.8, 4) is 0 Å². The second-order valence-electron chi connectivity index (χ2n) is 11.2. The molecule has 39 heavy (non-hydrogen) atoms. The Morgan fingerprint density at radius 1 is 1.28 bits per heavy atom. The van der Waals surface area contributed by atoms with E-state index in [-0.39, 0.29) is 30.1 Å². The van der Waals surface area contributed by atoms with Gasteiger partial charge < -0.3 is 24.8 Å². The van der Waals surface area contributed by atoms with Gasteiger partial charge in [-0.1, -0.05) is 51.1 Å². The highest BCUT2D eigenvalue weighted by Crippen LogP contribution is 2.29. The number of nitrogens with one attached hydrogen (secondary N) is 1. The molecule has 8 heteroatoms. The van der Waals surface area contributed by atoms with E-state index < -0.39 is 23.9 Å². The molecule has 6 atom stereocenters.